The standard InChI is InChI=1S/C42H74NO8P/c1-6-8-10-12-14-16-18-19-20-21-22-23-25-26-28-30-32-34-41(44)48-38-40(39-50-52(46,47)49-37-36-43(3,4)5)51-42(45)35-33-31-29-27-24-17-15-13-11-9-7-2/h8,10,14,16,19-20,22-23,26,28,40H,6-7,9,11-13,15,17-18,21,24-25,27,29-39H2,1-5H3/p+1/b10-8+,16-14+,20-19+,23-22+,28-26+/t40-/m0/s1. The van der Waals surface area contributed by atoms with Crippen LogP contribution in [0.4, 0.5) is 0 Å². The Morgan fingerprint density at radius 3 is 1.62 bits per heavy atom. The van der Waals surface area contributed by atoms with Gasteiger partial charge in [-0.15, -0.1) is 0 Å². The number of unbranched alkanes of at least 4 members (excludes halogenated alkanes) is 11. The van der Waals surface area contributed by atoms with E-state index in [1.807, 2.05) is 21.1 Å². The minimum absolute atomic E-state index is 0.0213. The van der Waals surface area contributed by atoms with Gasteiger partial charge in [-0.2, -0.15) is 0 Å². The number of rotatable bonds is 35. The second kappa shape index (κ2) is 34.5. The fraction of sp³-hybridized carbons (Fsp3) is 0.714. The van der Waals surface area contributed by atoms with Crippen molar-refractivity contribution in [3.05, 3.63) is 60.8 Å². The molecule has 9 nitrogen and oxygen atoms in total. The summed E-state index contributed by atoms with van der Waals surface area (Å²) in [4.78, 5) is 35.2. The van der Waals surface area contributed by atoms with Crippen LogP contribution in [0.1, 0.15) is 142 Å². The number of carbonyl (C=O) groups excluding carboxylic acids is 2. The summed E-state index contributed by atoms with van der Waals surface area (Å²) in [6.45, 7) is 4.21. The molecule has 1 N–H and O–H groups in total. The average molecular weight is 753 g/mol. The van der Waals surface area contributed by atoms with Gasteiger partial charge < -0.3 is 18.9 Å². The molecule has 52 heavy (non-hydrogen) atoms. The number of quaternary nitrogens is 1. The second-order valence-corrected chi connectivity index (χ2v) is 15.7. The van der Waals surface area contributed by atoms with E-state index in [4.69, 9.17) is 18.5 Å². The number of phosphoric ester groups is 1. The van der Waals surface area contributed by atoms with Crippen molar-refractivity contribution in [2.75, 3.05) is 47.5 Å². The van der Waals surface area contributed by atoms with Gasteiger partial charge in [0.2, 0.25) is 0 Å². The molecular formula is C42H75NO8P+. The summed E-state index contributed by atoms with van der Waals surface area (Å²) >= 11 is 0. The third kappa shape index (κ3) is 37.5. The van der Waals surface area contributed by atoms with Crippen LogP contribution in [-0.2, 0) is 32.7 Å². The van der Waals surface area contributed by atoms with E-state index in [1.54, 1.807) is 0 Å². The van der Waals surface area contributed by atoms with Crippen molar-refractivity contribution in [3.8, 4) is 0 Å². The molecule has 0 aromatic rings. The number of carbonyl (C=O) groups is 2. The lowest BCUT2D eigenvalue weighted by Gasteiger charge is -2.24. The number of nitrogens with zero attached hydrogens (tertiary/aromatic N) is 1. The number of esters is 2. The fourth-order valence-electron chi connectivity index (χ4n) is 4.93. The zero-order valence-electron chi connectivity index (χ0n) is 33.5. The Bertz CT molecular complexity index is 1080. The molecule has 0 amide bonds. The van der Waals surface area contributed by atoms with Gasteiger partial charge in [-0.05, 0) is 51.4 Å². The molecule has 0 aliphatic heterocycles. The molecule has 0 aromatic heterocycles. The first-order valence-corrected chi connectivity index (χ1v) is 21.5. The molecule has 0 fully saturated rings. The van der Waals surface area contributed by atoms with E-state index >= 15 is 0 Å². The Morgan fingerprint density at radius 1 is 0.615 bits per heavy atom. The van der Waals surface area contributed by atoms with Crippen molar-refractivity contribution < 1.29 is 42.1 Å². The predicted octanol–water partition coefficient (Wildman–Crippen LogP) is 10.9. The molecule has 0 saturated carbocycles. The average Bonchev–Trinajstić information content (AvgIpc) is 3.09. The van der Waals surface area contributed by atoms with E-state index in [0.29, 0.717) is 23.9 Å². The van der Waals surface area contributed by atoms with Crippen LogP contribution in [0.3, 0.4) is 0 Å². The number of hydrogen-bond acceptors (Lipinski definition) is 7. The molecule has 0 aromatic carbocycles. The molecule has 0 bridgehead atoms. The first-order chi connectivity index (χ1) is 25.0. The zero-order valence-corrected chi connectivity index (χ0v) is 34.4. The third-order valence-electron chi connectivity index (χ3n) is 8.06. The molecule has 0 heterocycles. The number of likely N-dealkylation sites (N-methyl/N-ethyl adjacent to an activating group) is 1. The van der Waals surface area contributed by atoms with Crippen LogP contribution >= 0.6 is 7.82 Å². The van der Waals surface area contributed by atoms with E-state index < -0.39 is 32.5 Å². The molecule has 0 aliphatic rings. The van der Waals surface area contributed by atoms with Crippen molar-refractivity contribution in [1.82, 2.24) is 0 Å². The van der Waals surface area contributed by atoms with Gasteiger partial charge in [0, 0.05) is 12.8 Å². The Balaban J connectivity index is 4.51. The van der Waals surface area contributed by atoms with Crippen molar-refractivity contribution in [2.24, 2.45) is 0 Å². The molecule has 10 heteroatoms. The van der Waals surface area contributed by atoms with Crippen LogP contribution < -0.4 is 0 Å². The molecular weight excluding hydrogens is 677 g/mol. The highest BCUT2D eigenvalue weighted by Gasteiger charge is 2.27. The van der Waals surface area contributed by atoms with Gasteiger partial charge in [0.1, 0.15) is 19.8 Å². The van der Waals surface area contributed by atoms with Crippen molar-refractivity contribution in [2.45, 2.75) is 148 Å². The summed E-state index contributed by atoms with van der Waals surface area (Å²) in [6, 6.07) is 0. The smallest absolute Gasteiger partial charge is 0.462 e. The van der Waals surface area contributed by atoms with Gasteiger partial charge >= 0.3 is 19.8 Å². The summed E-state index contributed by atoms with van der Waals surface area (Å²) in [5.74, 6) is -0.872. The largest absolute Gasteiger partial charge is 0.472 e. The maximum Gasteiger partial charge on any atom is 0.472 e. The predicted molar refractivity (Wildman–Crippen MR) is 215 cm³/mol. The summed E-state index contributed by atoms with van der Waals surface area (Å²) in [5.41, 5.74) is 0. The summed E-state index contributed by atoms with van der Waals surface area (Å²) < 4.78 is 34.1. The van der Waals surface area contributed by atoms with Crippen LogP contribution in [-0.4, -0.2) is 74.9 Å². The first-order valence-electron chi connectivity index (χ1n) is 20.0. The van der Waals surface area contributed by atoms with Gasteiger partial charge in [-0.25, -0.2) is 4.57 Å². The lowest BCUT2D eigenvalue weighted by molar-refractivity contribution is -0.870. The summed E-state index contributed by atoms with van der Waals surface area (Å²) in [7, 11) is 1.44. The topological polar surface area (TPSA) is 108 Å². The monoisotopic (exact) mass is 753 g/mol. The zero-order chi connectivity index (χ0) is 38.6. The molecule has 0 saturated heterocycles. The molecule has 300 valence electrons. The van der Waals surface area contributed by atoms with Gasteiger partial charge in [0.05, 0.1) is 27.7 Å². The Labute approximate surface area is 317 Å². The normalized spacial score (nSPS) is 14.3. The Kier molecular flexibility index (Phi) is 33.0. The van der Waals surface area contributed by atoms with Crippen molar-refractivity contribution >= 4 is 19.8 Å². The van der Waals surface area contributed by atoms with Crippen molar-refractivity contribution in [1.29, 1.82) is 0 Å². The maximum absolute atomic E-state index is 12.6. The SMILES string of the molecule is CC/C=C/C/C=C/C/C=C/C/C=C/C/C=C/CCCC(=O)OC[C@@H](COP(=O)(O)OCC[N+](C)(C)C)OC(=O)CCCCCCCCCCCCC. The Morgan fingerprint density at radius 2 is 1.10 bits per heavy atom. The van der Waals surface area contributed by atoms with Crippen LogP contribution in [0, 0.1) is 0 Å². The lowest BCUT2D eigenvalue weighted by Crippen LogP contribution is -2.37. The van der Waals surface area contributed by atoms with Crippen LogP contribution in [0.5, 0.6) is 0 Å². The fourth-order valence-corrected chi connectivity index (χ4v) is 5.67. The number of hydrogen-bond donors (Lipinski definition) is 1. The van der Waals surface area contributed by atoms with Gasteiger partial charge in [-0.3, -0.25) is 18.6 Å². The van der Waals surface area contributed by atoms with E-state index in [9.17, 15) is 19.0 Å². The quantitative estimate of drug-likeness (QED) is 0.0224. The lowest BCUT2D eigenvalue weighted by atomic mass is 10.1. The highest BCUT2D eigenvalue weighted by Crippen LogP contribution is 2.43. The maximum atomic E-state index is 12.6. The Hall–Kier alpha value is -2.29. The molecule has 1 unspecified atom stereocenters. The minimum atomic E-state index is -4.38. The number of phosphoric acid groups is 1. The number of allylic oxidation sites excluding steroid dienone is 10. The van der Waals surface area contributed by atoms with Gasteiger partial charge in [0.25, 0.3) is 0 Å². The molecule has 0 radical (unpaired) electrons. The summed E-state index contributed by atoms with van der Waals surface area (Å²) in [6.07, 6.45) is 39.9. The van der Waals surface area contributed by atoms with Crippen molar-refractivity contribution in [3.63, 3.8) is 0 Å². The van der Waals surface area contributed by atoms with Crippen LogP contribution in [0.25, 0.3) is 0 Å². The molecule has 0 rings (SSSR count). The molecule has 2 atom stereocenters. The highest BCUT2D eigenvalue weighted by molar-refractivity contribution is 7.47. The third-order valence-corrected chi connectivity index (χ3v) is 9.05. The second-order valence-electron chi connectivity index (χ2n) is 14.3. The molecule has 0 aliphatic carbocycles. The summed E-state index contributed by atoms with van der Waals surface area (Å²) in [5, 5.41) is 0. The van der Waals surface area contributed by atoms with Gasteiger partial charge in [0.15, 0.2) is 6.10 Å². The number of ether oxygens (including phenoxy) is 2. The van der Waals surface area contributed by atoms with E-state index in [2.05, 4.69) is 74.6 Å². The molecule has 0 spiro atoms. The first kappa shape index (κ1) is 49.7. The van der Waals surface area contributed by atoms with E-state index in [1.165, 1.54) is 44.9 Å². The van der Waals surface area contributed by atoms with E-state index in [0.717, 1.165) is 57.8 Å². The van der Waals surface area contributed by atoms with E-state index in [-0.39, 0.29) is 26.1 Å². The minimum Gasteiger partial charge on any atom is -0.462 e. The van der Waals surface area contributed by atoms with Crippen LogP contribution in [0.2, 0.25) is 0 Å². The van der Waals surface area contributed by atoms with Gasteiger partial charge in [-0.1, -0.05) is 139 Å². The van der Waals surface area contributed by atoms with Crippen LogP contribution in [0.15, 0.2) is 60.8 Å². The highest BCUT2D eigenvalue weighted by atomic mass is 31.2.